The van der Waals surface area contributed by atoms with Crippen LogP contribution in [0.3, 0.4) is 0 Å². The summed E-state index contributed by atoms with van der Waals surface area (Å²) in [5.74, 6) is 0.257. The summed E-state index contributed by atoms with van der Waals surface area (Å²) in [6.45, 7) is 8.32. The van der Waals surface area contributed by atoms with Crippen molar-refractivity contribution in [3.63, 3.8) is 0 Å². The number of hydrogen-bond acceptors (Lipinski definition) is 6. The van der Waals surface area contributed by atoms with Crippen molar-refractivity contribution < 1.29 is 4.79 Å². The van der Waals surface area contributed by atoms with E-state index in [-0.39, 0.29) is 11.9 Å². The average Bonchev–Trinajstić information content (AvgIpc) is 3.42. The molecule has 1 atom stereocenters. The van der Waals surface area contributed by atoms with E-state index in [1.165, 1.54) is 22.3 Å². The number of likely N-dealkylation sites (tertiary alicyclic amines) is 1. The third-order valence-corrected chi connectivity index (χ3v) is 8.06. The second-order valence-corrected chi connectivity index (χ2v) is 10.8. The van der Waals surface area contributed by atoms with Crippen LogP contribution in [-0.2, 0) is 30.8 Å². The van der Waals surface area contributed by atoms with Gasteiger partial charge in [0.15, 0.2) is 0 Å². The number of hydrogen-bond donors (Lipinski definition) is 0. The van der Waals surface area contributed by atoms with E-state index in [4.69, 9.17) is 4.99 Å². The van der Waals surface area contributed by atoms with Crippen molar-refractivity contribution in [2.75, 3.05) is 13.1 Å². The van der Waals surface area contributed by atoms with E-state index in [1.807, 2.05) is 19.2 Å². The van der Waals surface area contributed by atoms with Crippen LogP contribution in [0.2, 0.25) is 0 Å². The van der Waals surface area contributed by atoms with Gasteiger partial charge in [-0.3, -0.25) is 19.7 Å². The van der Waals surface area contributed by atoms with Gasteiger partial charge in [-0.05, 0) is 68.1 Å². The van der Waals surface area contributed by atoms with Gasteiger partial charge in [0, 0.05) is 54.1 Å². The lowest BCUT2D eigenvalue weighted by Gasteiger charge is -2.41. The lowest BCUT2D eigenvalue weighted by atomic mass is 9.90. The van der Waals surface area contributed by atoms with Crippen molar-refractivity contribution in [1.29, 1.82) is 0 Å². The van der Waals surface area contributed by atoms with Gasteiger partial charge >= 0.3 is 0 Å². The number of piperidine rings is 1. The third kappa shape index (κ3) is 4.07. The molecule has 5 heterocycles. The number of nitrogens with zero attached hydrogens (tertiary/aromatic N) is 5. The minimum atomic E-state index is 0.257. The summed E-state index contributed by atoms with van der Waals surface area (Å²) in [6, 6.07) is 8.92. The normalized spacial score (nSPS) is 20.3. The van der Waals surface area contributed by atoms with Crippen molar-refractivity contribution in [2.24, 2.45) is 4.99 Å². The minimum Gasteiger partial charge on any atom is -0.334 e. The lowest BCUT2D eigenvalue weighted by molar-refractivity contribution is -0.135. The smallest absolute Gasteiger partial charge is 0.227 e. The van der Waals surface area contributed by atoms with Crippen molar-refractivity contribution >= 4 is 23.0 Å². The van der Waals surface area contributed by atoms with Crippen LogP contribution in [0, 0.1) is 13.8 Å². The van der Waals surface area contributed by atoms with E-state index < -0.39 is 0 Å². The van der Waals surface area contributed by atoms with Gasteiger partial charge in [0.25, 0.3) is 0 Å². The fourth-order valence-electron chi connectivity index (χ4n) is 5.60. The number of amides is 1. The van der Waals surface area contributed by atoms with E-state index in [0.717, 1.165) is 60.1 Å². The molecular weight excluding hydrogens is 442 g/mol. The summed E-state index contributed by atoms with van der Waals surface area (Å²) in [5, 5.41) is 3.27. The molecule has 0 unspecified atom stereocenters. The van der Waals surface area contributed by atoms with Crippen LogP contribution in [-0.4, -0.2) is 50.5 Å². The molecule has 1 fully saturated rings. The Bertz CT molecular complexity index is 1300. The van der Waals surface area contributed by atoms with Crippen molar-refractivity contribution in [1.82, 2.24) is 19.8 Å². The minimum absolute atomic E-state index is 0.257. The topological polar surface area (TPSA) is 61.7 Å². The van der Waals surface area contributed by atoms with Gasteiger partial charge in [-0.1, -0.05) is 6.07 Å². The van der Waals surface area contributed by atoms with E-state index in [1.54, 1.807) is 11.3 Å². The summed E-state index contributed by atoms with van der Waals surface area (Å²) in [5.41, 5.74) is 9.20. The first-order valence-corrected chi connectivity index (χ1v) is 13.0. The average molecular weight is 472 g/mol. The standard InChI is InChI=1S/C27H29N5OS/c1-17-8-19(5-6-28-17)27-25-10-22-13-32(26(33)11-20(22)9-21(25)12-29-27)24-4-3-7-31(15-24)14-23-16-34-18(2)30-23/h5-6,8-10,16,24H,3-4,7,11-15H2,1-2H3/t24-/m1/s1. The quantitative estimate of drug-likeness (QED) is 0.576. The molecule has 7 heteroatoms. The van der Waals surface area contributed by atoms with Crippen LogP contribution in [0.25, 0.3) is 0 Å². The summed E-state index contributed by atoms with van der Waals surface area (Å²) in [7, 11) is 0. The van der Waals surface area contributed by atoms with Crippen LogP contribution < -0.4 is 0 Å². The highest BCUT2D eigenvalue weighted by molar-refractivity contribution is 7.09. The van der Waals surface area contributed by atoms with Crippen molar-refractivity contribution in [3.05, 3.63) is 80.1 Å². The Morgan fingerprint density at radius 2 is 2.06 bits per heavy atom. The zero-order valence-corrected chi connectivity index (χ0v) is 20.6. The molecule has 0 saturated carbocycles. The first kappa shape index (κ1) is 21.6. The summed E-state index contributed by atoms with van der Waals surface area (Å²) in [6.07, 6.45) is 4.54. The molecule has 3 aromatic rings. The first-order chi connectivity index (χ1) is 16.5. The fraction of sp³-hybridized carbons (Fsp3) is 0.407. The number of aromatic nitrogens is 2. The first-order valence-electron chi connectivity index (χ1n) is 12.1. The van der Waals surface area contributed by atoms with Crippen molar-refractivity contribution in [2.45, 2.75) is 58.8 Å². The Labute approximate surface area is 204 Å². The second-order valence-electron chi connectivity index (χ2n) is 9.72. The Morgan fingerprint density at radius 1 is 1.15 bits per heavy atom. The third-order valence-electron chi connectivity index (χ3n) is 7.23. The Morgan fingerprint density at radius 3 is 2.88 bits per heavy atom. The molecule has 34 heavy (non-hydrogen) atoms. The summed E-state index contributed by atoms with van der Waals surface area (Å²) >= 11 is 1.71. The van der Waals surface area contributed by atoms with Gasteiger partial charge in [0.1, 0.15) is 0 Å². The van der Waals surface area contributed by atoms with Gasteiger partial charge < -0.3 is 4.90 Å². The molecule has 6 rings (SSSR count). The van der Waals surface area contributed by atoms with Gasteiger partial charge in [-0.2, -0.15) is 0 Å². The molecule has 0 aliphatic carbocycles. The van der Waals surface area contributed by atoms with Crippen LogP contribution in [0.4, 0.5) is 0 Å². The molecule has 3 aliphatic rings. The predicted molar refractivity (Wildman–Crippen MR) is 134 cm³/mol. The number of carbonyl (C=O) groups excluding carboxylic acids is 1. The van der Waals surface area contributed by atoms with E-state index in [0.29, 0.717) is 19.5 Å². The number of aryl methyl sites for hydroxylation is 2. The molecular formula is C27H29N5OS. The highest BCUT2D eigenvalue weighted by atomic mass is 32.1. The fourth-order valence-corrected chi connectivity index (χ4v) is 6.20. The number of pyridine rings is 1. The SMILES string of the molecule is Cc1cc(C2=NCc3cc4c(cc32)CN([C@@H]2CCCN(Cc3csc(C)n3)C2)C(=O)C4)ccn1. The number of rotatable bonds is 4. The van der Waals surface area contributed by atoms with E-state index in [2.05, 4.69) is 50.3 Å². The molecule has 1 amide bonds. The summed E-state index contributed by atoms with van der Waals surface area (Å²) < 4.78 is 0. The van der Waals surface area contributed by atoms with Crippen molar-refractivity contribution in [3.8, 4) is 0 Å². The molecule has 1 aromatic carbocycles. The number of fused-ring (bicyclic) bond motifs is 2. The zero-order valence-electron chi connectivity index (χ0n) is 19.8. The molecule has 6 nitrogen and oxygen atoms in total. The van der Waals surface area contributed by atoms with Crippen LogP contribution in [0.5, 0.6) is 0 Å². The molecule has 1 saturated heterocycles. The van der Waals surface area contributed by atoms with Crippen LogP contribution >= 0.6 is 11.3 Å². The molecule has 0 N–H and O–H groups in total. The number of carbonyl (C=O) groups is 1. The number of aliphatic imine (C=N–C) groups is 1. The van der Waals surface area contributed by atoms with Gasteiger partial charge in [-0.15, -0.1) is 11.3 Å². The van der Waals surface area contributed by atoms with E-state index >= 15 is 0 Å². The highest BCUT2D eigenvalue weighted by Crippen LogP contribution is 2.32. The monoisotopic (exact) mass is 471 g/mol. The highest BCUT2D eigenvalue weighted by Gasteiger charge is 2.33. The van der Waals surface area contributed by atoms with E-state index in [9.17, 15) is 4.79 Å². The van der Waals surface area contributed by atoms with Crippen LogP contribution in [0.1, 0.15) is 57.1 Å². The largest absolute Gasteiger partial charge is 0.334 e. The second kappa shape index (κ2) is 8.71. The Kier molecular flexibility index (Phi) is 5.54. The Hall–Kier alpha value is -2.90. The van der Waals surface area contributed by atoms with Gasteiger partial charge in [0.05, 0.1) is 29.4 Å². The molecule has 2 aromatic heterocycles. The number of benzene rings is 1. The number of thiazole rings is 1. The lowest BCUT2D eigenvalue weighted by Crippen LogP contribution is -2.51. The molecule has 3 aliphatic heterocycles. The maximum Gasteiger partial charge on any atom is 0.227 e. The maximum atomic E-state index is 13.2. The molecule has 0 radical (unpaired) electrons. The predicted octanol–water partition coefficient (Wildman–Crippen LogP) is 4.06. The molecule has 174 valence electrons. The zero-order chi connectivity index (χ0) is 23.2. The molecule has 0 spiro atoms. The van der Waals surface area contributed by atoms with Gasteiger partial charge in [-0.25, -0.2) is 4.98 Å². The summed E-state index contributed by atoms with van der Waals surface area (Å²) in [4.78, 5) is 31.6. The van der Waals surface area contributed by atoms with Crippen LogP contribution in [0.15, 0.2) is 40.8 Å². The molecule has 0 bridgehead atoms. The Balaban J connectivity index is 1.22. The maximum absolute atomic E-state index is 13.2. The van der Waals surface area contributed by atoms with Gasteiger partial charge in [0.2, 0.25) is 5.91 Å².